The van der Waals surface area contributed by atoms with E-state index in [2.05, 4.69) is 4.98 Å². The van der Waals surface area contributed by atoms with Crippen LogP contribution >= 0.6 is 23.4 Å². The molecule has 0 N–H and O–H groups in total. The molecule has 10 heteroatoms. The minimum Gasteiger partial charge on any atom is -0.383 e. The Morgan fingerprint density at radius 1 is 1.47 bits per heavy atom. The number of sulfone groups is 1. The molecule has 1 saturated heterocycles. The molecule has 1 aromatic heterocycles. The Morgan fingerprint density at radius 3 is 2.87 bits per heavy atom. The van der Waals surface area contributed by atoms with Gasteiger partial charge in [-0.3, -0.25) is 4.79 Å². The monoisotopic (exact) mass is 473 g/mol. The minimum absolute atomic E-state index is 0.0116. The molecule has 2 heterocycles. The quantitative estimate of drug-likeness (QED) is 0.520. The van der Waals surface area contributed by atoms with Crippen molar-refractivity contribution in [2.24, 2.45) is 0 Å². The molecule has 0 aliphatic carbocycles. The molecule has 1 aromatic carbocycles. The first-order chi connectivity index (χ1) is 14.3. The summed E-state index contributed by atoms with van der Waals surface area (Å²) in [5.41, 5.74) is 1.71. The molecular weight excluding hydrogens is 446 g/mol. The molecular formula is C20H28ClN3O4S2. The van der Waals surface area contributed by atoms with E-state index in [1.807, 2.05) is 30.5 Å². The number of amides is 1. The second-order valence-electron chi connectivity index (χ2n) is 7.58. The summed E-state index contributed by atoms with van der Waals surface area (Å²) in [4.78, 5) is 19.6. The number of fused-ring (bicyclic) bond motifs is 1. The average molecular weight is 474 g/mol. The molecule has 2 atom stereocenters. The largest absolute Gasteiger partial charge is 0.383 e. The van der Waals surface area contributed by atoms with Gasteiger partial charge in [-0.2, -0.15) is 0 Å². The van der Waals surface area contributed by atoms with Crippen LogP contribution in [0.2, 0.25) is 5.02 Å². The van der Waals surface area contributed by atoms with Crippen molar-refractivity contribution in [3.05, 3.63) is 23.2 Å². The number of ether oxygens (including phenoxy) is 1. The lowest BCUT2D eigenvalue weighted by atomic mass is 10.1. The van der Waals surface area contributed by atoms with Gasteiger partial charge < -0.3 is 14.2 Å². The lowest BCUT2D eigenvalue weighted by Crippen LogP contribution is -2.47. The van der Waals surface area contributed by atoms with E-state index in [0.717, 1.165) is 22.6 Å². The first kappa shape index (κ1) is 23.4. The Morgan fingerprint density at radius 2 is 2.23 bits per heavy atom. The van der Waals surface area contributed by atoms with Crippen LogP contribution in [0, 0.1) is 0 Å². The second-order valence-corrected chi connectivity index (χ2v) is 11.2. The highest BCUT2D eigenvalue weighted by atomic mass is 35.5. The predicted molar refractivity (Wildman–Crippen MR) is 121 cm³/mol. The Labute approximate surface area is 187 Å². The SMILES string of the molecule is CCC(C)N(C(=O)CSc1nc2cc(Cl)ccc2n1CCOC)C1CCS(=O)(=O)C1. The molecule has 0 spiro atoms. The van der Waals surface area contributed by atoms with Gasteiger partial charge in [0.15, 0.2) is 15.0 Å². The number of hydrogen-bond acceptors (Lipinski definition) is 6. The van der Waals surface area contributed by atoms with Gasteiger partial charge in [0.05, 0.1) is 34.9 Å². The van der Waals surface area contributed by atoms with Crippen molar-refractivity contribution in [2.45, 2.75) is 50.5 Å². The number of carbonyl (C=O) groups excluding carboxylic acids is 1. The highest BCUT2D eigenvalue weighted by Gasteiger charge is 2.36. The fourth-order valence-corrected chi connectivity index (χ4v) is 6.58. The molecule has 2 aromatic rings. The number of benzene rings is 1. The summed E-state index contributed by atoms with van der Waals surface area (Å²) in [7, 11) is -1.42. The maximum absolute atomic E-state index is 13.1. The van der Waals surface area contributed by atoms with E-state index >= 15 is 0 Å². The molecule has 166 valence electrons. The third-order valence-corrected chi connectivity index (χ3v) is 8.42. The van der Waals surface area contributed by atoms with Gasteiger partial charge in [-0.05, 0) is 38.0 Å². The summed E-state index contributed by atoms with van der Waals surface area (Å²) >= 11 is 7.47. The fraction of sp³-hybridized carbons (Fsp3) is 0.600. The molecule has 0 bridgehead atoms. The third kappa shape index (κ3) is 5.30. The molecule has 0 saturated carbocycles. The van der Waals surface area contributed by atoms with E-state index in [-0.39, 0.29) is 35.2 Å². The highest BCUT2D eigenvalue weighted by molar-refractivity contribution is 7.99. The van der Waals surface area contributed by atoms with Gasteiger partial charge in [0, 0.05) is 30.8 Å². The maximum atomic E-state index is 13.1. The molecule has 7 nitrogen and oxygen atoms in total. The first-order valence-corrected chi connectivity index (χ1v) is 13.2. The summed E-state index contributed by atoms with van der Waals surface area (Å²) < 4.78 is 31.2. The summed E-state index contributed by atoms with van der Waals surface area (Å²) in [5.74, 6) is 0.349. The van der Waals surface area contributed by atoms with Crippen LogP contribution in [0.3, 0.4) is 0 Å². The smallest absolute Gasteiger partial charge is 0.233 e. The van der Waals surface area contributed by atoms with E-state index in [4.69, 9.17) is 16.3 Å². The Balaban J connectivity index is 1.80. The van der Waals surface area contributed by atoms with Crippen LogP contribution in [-0.4, -0.2) is 71.8 Å². The molecule has 2 unspecified atom stereocenters. The van der Waals surface area contributed by atoms with Crippen molar-refractivity contribution in [1.82, 2.24) is 14.5 Å². The van der Waals surface area contributed by atoms with Crippen LogP contribution < -0.4 is 0 Å². The molecule has 0 radical (unpaired) electrons. The van der Waals surface area contributed by atoms with Gasteiger partial charge in [0.25, 0.3) is 0 Å². The van der Waals surface area contributed by atoms with Gasteiger partial charge >= 0.3 is 0 Å². The van der Waals surface area contributed by atoms with Crippen LogP contribution in [0.15, 0.2) is 23.4 Å². The van der Waals surface area contributed by atoms with E-state index in [1.165, 1.54) is 11.8 Å². The Hall–Kier alpha value is -1.29. The van der Waals surface area contributed by atoms with Crippen molar-refractivity contribution < 1.29 is 17.9 Å². The zero-order valence-electron chi connectivity index (χ0n) is 17.5. The molecule has 3 rings (SSSR count). The van der Waals surface area contributed by atoms with Gasteiger partial charge in [-0.1, -0.05) is 30.3 Å². The lowest BCUT2D eigenvalue weighted by molar-refractivity contribution is -0.132. The van der Waals surface area contributed by atoms with Gasteiger partial charge in [0.1, 0.15) is 0 Å². The number of rotatable bonds is 9. The zero-order valence-corrected chi connectivity index (χ0v) is 19.9. The molecule has 1 aliphatic rings. The predicted octanol–water partition coefficient (Wildman–Crippen LogP) is 3.24. The van der Waals surface area contributed by atoms with E-state index in [1.54, 1.807) is 18.1 Å². The number of methoxy groups -OCH3 is 1. The average Bonchev–Trinajstić information content (AvgIpc) is 3.23. The standard InChI is InChI=1S/C20H28ClN3O4S2/c1-4-14(2)24(16-7-10-30(26,27)13-16)19(25)12-29-20-22-17-11-15(21)5-6-18(17)23(20)8-9-28-3/h5-6,11,14,16H,4,7-10,12-13H2,1-3H3. The van der Waals surface area contributed by atoms with Crippen molar-refractivity contribution >= 4 is 50.1 Å². The topological polar surface area (TPSA) is 81.5 Å². The van der Waals surface area contributed by atoms with Crippen LogP contribution in [0.5, 0.6) is 0 Å². The van der Waals surface area contributed by atoms with Crippen LogP contribution in [0.25, 0.3) is 11.0 Å². The summed E-state index contributed by atoms with van der Waals surface area (Å²) in [5, 5.41) is 1.33. The van der Waals surface area contributed by atoms with Crippen molar-refractivity contribution in [3.8, 4) is 0 Å². The summed E-state index contributed by atoms with van der Waals surface area (Å²) in [6.45, 7) is 5.12. The second kappa shape index (κ2) is 9.89. The van der Waals surface area contributed by atoms with Gasteiger partial charge in [-0.25, -0.2) is 13.4 Å². The van der Waals surface area contributed by atoms with Crippen molar-refractivity contribution in [2.75, 3.05) is 31.0 Å². The summed E-state index contributed by atoms with van der Waals surface area (Å²) in [6, 6.07) is 5.29. The summed E-state index contributed by atoms with van der Waals surface area (Å²) in [6.07, 6.45) is 1.28. The Bertz CT molecular complexity index is 1010. The van der Waals surface area contributed by atoms with Crippen molar-refractivity contribution in [1.29, 1.82) is 0 Å². The number of nitrogens with zero attached hydrogens (tertiary/aromatic N) is 3. The van der Waals surface area contributed by atoms with Gasteiger partial charge in [0.2, 0.25) is 5.91 Å². The van der Waals surface area contributed by atoms with Crippen LogP contribution in [0.4, 0.5) is 0 Å². The number of thioether (sulfide) groups is 1. The minimum atomic E-state index is -3.06. The number of halogens is 1. The third-order valence-electron chi connectivity index (χ3n) is 5.47. The molecule has 30 heavy (non-hydrogen) atoms. The zero-order chi connectivity index (χ0) is 21.9. The van der Waals surface area contributed by atoms with E-state index < -0.39 is 9.84 Å². The van der Waals surface area contributed by atoms with Gasteiger partial charge in [-0.15, -0.1) is 0 Å². The van der Waals surface area contributed by atoms with Crippen molar-refractivity contribution in [3.63, 3.8) is 0 Å². The first-order valence-electron chi connectivity index (χ1n) is 10.0. The maximum Gasteiger partial charge on any atom is 0.233 e. The highest BCUT2D eigenvalue weighted by Crippen LogP contribution is 2.28. The van der Waals surface area contributed by atoms with E-state index in [9.17, 15) is 13.2 Å². The number of imidazole rings is 1. The van der Waals surface area contributed by atoms with Crippen LogP contribution in [0.1, 0.15) is 26.7 Å². The number of hydrogen-bond donors (Lipinski definition) is 0. The number of aromatic nitrogens is 2. The molecule has 1 fully saturated rings. The normalized spacial score (nSPS) is 19.3. The molecule has 1 amide bonds. The van der Waals surface area contributed by atoms with Crippen LogP contribution in [-0.2, 0) is 25.9 Å². The van der Waals surface area contributed by atoms with E-state index in [0.29, 0.717) is 24.6 Å². The fourth-order valence-electron chi connectivity index (χ4n) is 3.79. The Kier molecular flexibility index (Phi) is 7.71. The number of carbonyl (C=O) groups is 1. The lowest BCUT2D eigenvalue weighted by Gasteiger charge is -2.33. The molecule has 1 aliphatic heterocycles.